The first kappa shape index (κ1) is 13.4. The maximum atomic E-state index is 4.44. The lowest BCUT2D eigenvalue weighted by Crippen LogP contribution is -2.06. The van der Waals surface area contributed by atoms with E-state index in [4.69, 9.17) is 0 Å². The van der Waals surface area contributed by atoms with Crippen LogP contribution < -0.4 is 5.32 Å². The van der Waals surface area contributed by atoms with Crippen molar-refractivity contribution in [2.45, 2.75) is 20.4 Å². The average molecular weight is 282 g/mol. The van der Waals surface area contributed by atoms with Crippen LogP contribution in [0.3, 0.4) is 0 Å². The number of rotatable bonds is 4. The largest absolute Gasteiger partial charge is 0.379 e. The van der Waals surface area contributed by atoms with Crippen molar-refractivity contribution in [1.82, 2.24) is 24.5 Å². The maximum absolute atomic E-state index is 4.44. The van der Waals surface area contributed by atoms with Crippen LogP contribution in [0.4, 0.5) is 5.69 Å². The molecule has 1 aromatic carbocycles. The van der Waals surface area contributed by atoms with Crippen LogP contribution in [0, 0.1) is 13.8 Å². The van der Waals surface area contributed by atoms with Crippen LogP contribution in [0.1, 0.15) is 17.0 Å². The SMILES string of the molecule is Cc1nn(C)c(C)c1CNc1ccccc1-n1cncn1. The topological polar surface area (TPSA) is 60.6 Å². The zero-order chi connectivity index (χ0) is 14.8. The van der Waals surface area contributed by atoms with Crippen molar-refractivity contribution in [1.29, 1.82) is 0 Å². The Morgan fingerprint density at radius 3 is 2.67 bits per heavy atom. The Bertz CT molecular complexity index is 742. The Morgan fingerprint density at radius 1 is 1.19 bits per heavy atom. The van der Waals surface area contributed by atoms with Gasteiger partial charge in [0.15, 0.2) is 0 Å². The van der Waals surface area contributed by atoms with E-state index in [9.17, 15) is 0 Å². The summed E-state index contributed by atoms with van der Waals surface area (Å²) in [5.41, 5.74) is 5.46. The number of aromatic nitrogens is 5. The quantitative estimate of drug-likeness (QED) is 0.797. The lowest BCUT2D eigenvalue weighted by molar-refractivity contribution is 0.730. The Balaban J connectivity index is 1.86. The van der Waals surface area contributed by atoms with Crippen molar-refractivity contribution in [3.05, 3.63) is 53.9 Å². The number of hydrogen-bond acceptors (Lipinski definition) is 4. The van der Waals surface area contributed by atoms with Gasteiger partial charge >= 0.3 is 0 Å². The van der Waals surface area contributed by atoms with Crippen molar-refractivity contribution in [3.8, 4) is 5.69 Å². The van der Waals surface area contributed by atoms with Crippen LogP contribution in [0.25, 0.3) is 5.69 Å². The van der Waals surface area contributed by atoms with Crippen molar-refractivity contribution in [2.75, 3.05) is 5.32 Å². The summed E-state index contributed by atoms with van der Waals surface area (Å²) in [7, 11) is 1.97. The summed E-state index contributed by atoms with van der Waals surface area (Å²) in [6.45, 7) is 4.85. The number of anilines is 1. The molecule has 0 aliphatic rings. The van der Waals surface area contributed by atoms with Gasteiger partial charge in [0.05, 0.1) is 17.1 Å². The van der Waals surface area contributed by atoms with E-state index < -0.39 is 0 Å². The fourth-order valence-electron chi connectivity index (χ4n) is 2.41. The van der Waals surface area contributed by atoms with Gasteiger partial charge in [-0.25, -0.2) is 9.67 Å². The van der Waals surface area contributed by atoms with Crippen LogP contribution in [0.2, 0.25) is 0 Å². The first-order valence-electron chi connectivity index (χ1n) is 6.84. The molecule has 0 spiro atoms. The molecular formula is C15H18N6. The lowest BCUT2D eigenvalue weighted by atomic mass is 10.2. The summed E-state index contributed by atoms with van der Waals surface area (Å²) in [6, 6.07) is 8.05. The fourth-order valence-corrected chi connectivity index (χ4v) is 2.41. The van der Waals surface area contributed by atoms with Crippen molar-refractivity contribution >= 4 is 5.69 Å². The number of aryl methyl sites for hydroxylation is 2. The fraction of sp³-hybridized carbons (Fsp3) is 0.267. The van der Waals surface area contributed by atoms with Gasteiger partial charge in [-0.1, -0.05) is 12.1 Å². The van der Waals surface area contributed by atoms with E-state index in [1.165, 1.54) is 17.6 Å². The molecule has 0 amide bonds. The monoisotopic (exact) mass is 282 g/mol. The minimum Gasteiger partial charge on any atom is -0.379 e. The summed E-state index contributed by atoms with van der Waals surface area (Å²) in [5, 5.41) is 12.1. The van der Waals surface area contributed by atoms with Gasteiger partial charge in [0, 0.05) is 24.8 Å². The second-order valence-corrected chi connectivity index (χ2v) is 4.98. The highest BCUT2D eigenvalue weighted by Gasteiger charge is 2.10. The highest BCUT2D eigenvalue weighted by atomic mass is 15.3. The van der Waals surface area contributed by atoms with Crippen molar-refractivity contribution < 1.29 is 0 Å². The lowest BCUT2D eigenvalue weighted by Gasteiger charge is -2.12. The molecule has 0 saturated heterocycles. The molecule has 2 heterocycles. The molecule has 2 aromatic heterocycles. The maximum Gasteiger partial charge on any atom is 0.138 e. The predicted molar refractivity (Wildman–Crippen MR) is 81.4 cm³/mol. The van der Waals surface area contributed by atoms with E-state index in [2.05, 4.69) is 27.4 Å². The van der Waals surface area contributed by atoms with Gasteiger partial charge in [0.25, 0.3) is 0 Å². The number of hydrogen-bond donors (Lipinski definition) is 1. The van der Waals surface area contributed by atoms with E-state index in [-0.39, 0.29) is 0 Å². The van der Waals surface area contributed by atoms with Gasteiger partial charge in [-0.15, -0.1) is 0 Å². The summed E-state index contributed by atoms with van der Waals surface area (Å²) >= 11 is 0. The first-order valence-corrected chi connectivity index (χ1v) is 6.84. The molecule has 0 fully saturated rings. The summed E-state index contributed by atoms with van der Waals surface area (Å²) < 4.78 is 3.67. The minimum atomic E-state index is 0.733. The minimum absolute atomic E-state index is 0.733. The standard InChI is InChI=1S/C15H18N6/c1-11-13(12(2)20(3)19-11)8-17-14-6-4-5-7-15(14)21-10-16-9-18-21/h4-7,9-10,17H,8H2,1-3H3. The highest BCUT2D eigenvalue weighted by molar-refractivity contribution is 5.60. The van der Waals surface area contributed by atoms with E-state index in [0.29, 0.717) is 0 Å². The van der Waals surface area contributed by atoms with Crippen LogP contribution in [-0.2, 0) is 13.6 Å². The van der Waals surface area contributed by atoms with E-state index in [1.807, 2.05) is 42.9 Å². The molecule has 1 N–H and O–H groups in total. The Kier molecular flexibility index (Phi) is 3.43. The second-order valence-electron chi connectivity index (χ2n) is 4.98. The summed E-state index contributed by atoms with van der Waals surface area (Å²) in [6.07, 6.45) is 3.23. The first-order chi connectivity index (χ1) is 10.2. The molecule has 0 saturated carbocycles. The summed E-state index contributed by atoms with van der Waals surface area (Å²) in [4.78, 5) is 4.00. The molecule has 6 nitrogen and oxygen atoms in total. The molecular weight excluding hydrogens is 264 g/mol. The van der Waals surface area contributed by atoms with E-state index in [1.54, 1.807) is 11.0 Å². The molecule has 21 heavy (non-hydrogen) atoms. The zero-order valence-electron chi connectivity index (χ0n) is 12.4. The van der Waals surface area contributed by atoms with E-state index in [0.717, 1.165) is 23.6 Å². The molecule has 108 valence electrons. The second kappa shape index (κ2) is 5.40. The van der Waals surface area contributed by atoms with Gasteiger partial charge in [0.2, 0.25) is 0 Å². The zero-order valence-corrected chi connectivity index (χ0v) is 12.4. The molecule has 0 aliphatic heterocycles. The normalized spacial score (nSPS) is 10.8. The molecule has 0 unspecified atom stereocenters. The van der Waals surface area contributed by atoms with E-state index >= 15 is 0 Å². The summed E-state index contributed by atoms with van der Waals surface area (Å²) in [5.74, 6) is 0. The smallest absolute Gasteiger partial charge is 0.138 e. The number of nitrogens with one attached hydrogen (secondary N) is 1. The Hall–Kier alpha value is -2.63. The number of benzene rings is 1. The van der Waals surface area contributed by atoms with Gasteiger partial charge < -0.3 is 5.32 Å². The Morgan fingerprint density at radius 2 is 2.00 bits per heavy atom. The molecule has 3 aromatic rings. The molecule has 6 heteroatoms. The van der Waals surface area contributed by atoms with Gasteiger partial charge in [-0.3, -0.25) is 4.68 Å². The Labute approximate surface area is 123 Å². The number of para-hydroxylation sites is 2. The molecule has 0 radical (unpaired) electrons. The average Bonchev–Trinajstić information content (AvgIpc) is 3.08. The van der Waals surface area contributed by atoms with Gasteiger partial charge in [0.1, 0.15) is 12.7 Å². The highest BCUT2D eigenvalue weighted by Crippen LogP contribution is 2.21. The van der Waals surface area contributed by atoms with Gasteiger partial charge in [-0.05, 0) is 26.0 Å². The third kappa shape index (κ3) is 2.52. The van der Waals surface area contributed by atoms with Crippen LogP contribution in [-0.4, -0.2) is 24.5 Å². The van der Waals surface area contributed by atoms with Crippen LogP contribution >= 0.6 is 0 Å². The molecule has 0 aliphatic carbocycles. The molecule has 0 atom stereocenters. The third-order valence-corrected chi connectivity index (χ3v) is 3.68. The molecule has 3 rings (SSSR count). The van der Waals surface area contributed by atoms with Gasteiger partial charge in [-0.2, -0.15) is 10.2 Å². The van der Waals surface area contributed by atoms with Crippen LogP contribution in [0.15, 0.2) is 36.9 Å². The van der Waals surface area contributed by atoms with Crippen molar-refractivity contribution in [2.24, 2.45) is 7.05 Å². The third-order valence-electron chi connectivity index (χ3n) is 3.68. The molecule has 0 bridgehead atoms. The number of nitrogens with zero attached hydrogens (tertiary/aromatic N) is 5. The van der Waals surface area contributed by atoms with Crippen LogP contribution in [0.5, 0.6) is 0 Å². The van der Waals surface area contributed by atoms with Crippen molar-refractivity contribution in [3.63, 3.8) is 0 Å². The predicted octanol–water partition coefficient (Wildman–Crippen LogP) is 2.23.